The van der Waals surface area contributed by atoms with E-state index in [2.05, 4.69) is 24.0 Å². The average molecular weight is 824 g/mol. The normalized spacial score (nSPS) is 24.0. The van der Waals surface area contributed by atoms with E-state index in [1.54, 1.807) is 12.1 Å². The van der Waals surface area contributed by atoms with Crippen molar-refractivity contribution in [3.8, 4) is 11.5 Å². The van der Waals surface area contributed by atoms with Crippen LogP contribution in [0.3, 0.4) is 0 Å². The number of carboxylic acids is 1. The first-order valence-corrected chi connectivity index (χ1v) is 20.7. The molecule has 12 nitrogen and oxygen atoms in total. The molecule has 0 radical (unpaired) electrons. The van der Waals surface area contributed by atoms with E-state index in [9.17, 15) is 37.8 Å². The number of unbranched alkanes of at least 4 members (excludes halogenated alkanes) is 11. The molecule has 2 aliphatic carbocycles. The lowest BCUT2D eigenvalue weighted by Crippen LogP contribution is -2.74. The number of aliphatic hydroxyl groups is 1. The molecule has 5 rings (SSSR count). The Labute approximate surface area is 338 Å². The second-order valence-electron chi connectivity index (χ2n) is 15.9. The van der Waals surface area contributed by atoms with Gasteiger partial charge in [-0.15, -0.1) is 0 Å². The molecule has 2 heterocycles. The van der Waals surface area contributed by atoms with Crippen molar-refractivity contribution in [2.75, 3.05) is 13.6 Å². The number of likely N-dealkylation sites (tertiary alicyclic amines) is 1. The molecule has 324 valence electrons. The van der Waals surface area contributed by atoms with E-state index in [-0.39, 0.29) is 30.4 Å². The zero-order chi connectivity index (χ0) is 42.7. The molecule has 0 aromatic heterocycles. The maximum atomic E-state index is 13.2. The molecule has 0 amide bonds. The number of esters is 3. The van der Waals surface area contributed by atoms with Crippen molar-refractivity contribution in [2.45, 2.75) is 171 Å². The summed E-state index contributed by atoms with van der Waals surface area (Å²) in [5.41, 5.74) is -0.295. The number of likely N-dealkylation sites (N-methyl/N-ethyl adjacent to an activating group) is 1. The number of carboxylic acid groups (broad SMARTS) is 1. The van der Waals surface area contributed by atoms with Crippen LogP contribution < -0.4 is 4.74 Å². The van der Waals surface area contributed by atoms with E-state index in [0.717, 1.165) is 43.2 Å². The minimum atomic E-state index is -5.08. The number of halogens is 3. The van der Waals surface area contributed by atoms with Gasteiger partial charge in [0.2, 0.25) is 0 Å². The van der Waals surface area contributed by atoms with Gasteiger partial charge in [-0.25, -0.2) is 14.4 Å². The van der Waals surface area contributed by atoms with Gasteiger partial charge in [0.05, 0.1) is 11.0 Å². The number of nitrogens with zero attached hydrogens (tertiary/aromatic N) is 1. The summed E-state index contributed by atoms with van der Waals surface area (Å²) in [4.78, 5) is 49.4. The van der Waals surface area contributed by atoms with Gasteiger partial charge >= 0.3 is 30.1 Å². The number of allylic oxidation sites excluding steroid dienone is 2. The highest BCUT2D eigenvalue weighted by Gasteiger charge is 2.72. The molecule has 4 aliphatic rings. The molecule has 3 N–H and O–H groups in total. The number of aliphatic carboxylic acids is 1. The molecule has 2 bridgehead atoms. The number of ether oxygens (including phenoxy) is 4. The lowest BCUT2D eigenvalue weighted by Gasteiger charge is -2.61. The Balaban J connectivity index is 0.000000973. The minimum absolute atomic E-state index is 0.0222. The van der Waals surface area contributed by atoms with Crippen LogP contribution in [0.2, 0.25) is 0 Å². The molecule has 1 saturated heterocycles. The molecule has 1 unspecified atom stereocenters. The number of alkyl halides is 3. The number of hydrogen-bond donors (Lipinski definition) is 3. The van der Waals surface area contributed by atoms with Crippen LogP contribution in [0.5, 0.6) is 11.5 Å². The van der Waals surface area contributed by atoms with Gasteiger partial charge in [-0.1, -0.05) is 76.5 Å². The molecule has 1 fully saturated rings. The Hall–Kier alpha value is -4.11. The molecule has 58 heavy (non-hydrogen) atoms. The smallest absolute Gasteiger partial charge is 0.490 e. The lowest BCUT2D eigenvalue weighted by atomic mass is 9.50. The lowest BCUT2D eigenvalue weighted by molar-refractivity contribution is -0.192. The van der Waals surface area contributed by atoms with E-state index in [1.165, 1.54) is 58.8 Å². The predicted octanol–water partition coefficient (Wildman–Crippen LogP) is 7.75. The fourth-order valence-corrected chi connectivity index (χ4v) is 8.60. The third-order valence-electron chi connectivity index (χ3n) is 11.7. The molecule has 6 atom stereocenters. The highest BCUT2D eigenvalue weighted by atomic mass is 19.4. The first-order valence-electron chi connectivity index (χ1n) is 20.7. The maximum Gasteiger partial charge on any atom is 0.490 e. The van der Waals surface area contributed by atoms with Gasteiger partial charge in [-0.2, -0.15) is 13.2 Å². The molecule has 0 saturated carbocycles. The van der Waals surface area contributed by atoms with Crippen LogP contribution >= 0.6 is 0 Å². The van der Waals surface area contributed by atoms with Crippen molar-refractivity contribution >= 4 is 23.9 Å². The van der Waals surface area contributed by atoms with Crippen LogP contribution in [0.15, 0.2) is 36.1 Å². The number of phenols is 1. The quantitative estimate of drug-likeness (QED) is 0.0507. The maximum absolute atomic E-state index is 13.2. The van der Waals surface area contributed by atoms with Crippen molar-refractivity contribution < 1.29 is 66.6 Å². The zero-order valence-corrected chi connectivity index (χ0v) is 34.1. The molecule has 15 heteroatoms. The number of rotatable bonds is 20. The Morgan fingerprint density at radius 2 is 1.52 bits per heavy atom. The summed E-state index contributed by atoms with van der Waals surface area (Å²) in [6, 6.07) is 3.31. The van der Waals surface area contributed by atoms with E-state index >= 15 is 0 Å². The minimum Gasteiger partial charge on any atom is -0.504 e. The van der Waals surface area contributed by atoms with Gasteiger partial charge in [-0.3, -0.25) is 4.79 Å². The summed E-state index contributed by atoms with van der Waals surface area (Å²) in [7, 11) is 2.00. The number of benzene rings is 1. The highest BCUT2D eigenvalue weighted by Crippen LogP contribution is 2.65. The summed E-state index contributed by atoms with van der Waals surface area (Å²) in [5, 5.41) is 30.1. The van der Waals surface area contributed by atoms with Crippen molar-refractivity contribution in [1.29, 1.82) is 0 Å². The number of aromatic hydroxyl groups is 1. The van der Waals surface area contributed by atoms with Gasteiger partial charge in [0.1, 0.15) is 5.76 Å². The van der Waals surface area contributed by atoms with Crippen molar-refractivity contribution in [3.05, 3.63) is 47.2 Å². The van der Waals surface area contributed by atoms with E-state index < -0.39 is 59.4 Å². The number of carbonyl (C=O) groups is 4. The summed E-state index contributed by atoms with van der Waals surface area (Å²) in [6.45, 7) is 5.77. The van der Waals surface area contributed by atoms with Crippen LogP contribution in [0, 0.1) is 0 Å². The fourth-order valence-electron chi connectivity index (χ4n) is 8.60. The highest BCUT2D eigenvalue weighted by molar-refractivity contribution is 5.83. The second-order valence-corrected chi connectivity index (χ2v) is 15.9. The van der Waals surface area contributed by atoms with Gasteiger partial charge in [0.15, 0.2) is 29.8 Å². The van der Waals surface area contributed by atoms with Crippen LogP contribution in [0.1, 0.15) is 135 Å². The number of piperidine rings is 1. The van der Waals surface area contributed by atoms with E-state index in [1.807, 2.05) is 13.1 Å². The fraction of sp³-hybridized carbons (Fsp3) is 0.674. The van der Waals surface area contributed by atoms with E-state index in [0.29, 0.717) is 31.6 Å². The van der Waals surface area contributed by atoms with Crippen LogP contribution in [-0.4, -0.2) is 93.8 Å². The standard InChI is InChI=1S/C41H59NO9.C2HF3O2/c1-5-6-7-8-9-10-11-12-13-14-15-16-17-18-19-20-34(44)48-28(2)38(45)49-29(3)39(46)50-32-23-24-41(47)33-27-30-21-22-31(43)36-35(30)40(41,37(32)51-36)25-26-42(33)4;3-2(4,5)1(6)7/h12-13,21-23,28-29,33,37,43,47H,5-11,14-20,24-27H2,1-4H3;(H,6,7)/t28-,29-,33?,37-,40-,41-;/m0./s1. The van der Waals surface area contributed by atoms with Crippen molar-refractivity contribution in [3.63, 3.8) is 0 Å². The third kappa shape index (κ3) is 10.9. The topological polar surface area (TPSA) is 169 Å². The van der Waals surface area contributed by atoms with Crippen LogP contribution in [0.4, 0.5) is 13.2 Å². The number of phenolic OH excluding ortho intramolecular Hbond substituents is 1. The van der Waals surface area contributed by atoms with Gasteiger partial charge in [0.25, 0.3) is 0 Å². The molecular weight excluding hydrogens is 763 g/mol. The summed E-state index contributed by atoms with van der Waals surface area (Å²) in [5.74, 6) is -4.37. The first kappa shape index (κ1) is 46.6. The van der Waals surface area contributed by atoms with Crippen LogP contribution in [-0.2, 0) is 45.2 Å². The largest absolute Gasteiger partial charge is 0.504 e. The first-order chi connectivity index (χ1) is 27.5. The van der Waals surface area contributed by atoms with Gasteiger partial charge in [-0.05, 0) is 90.1 Å². The van der Waals surface area contributed by atoms with Crippen LogP contribution in [0.25, 0.3) is 0 Å². The number of hydrogen-bond acceptors (Lipinski definition) is 11. The Bertz CT molecular complexity index is 1660. The SMILES string of the molecule is CCCCCCCCC=CCCCCCCCC(=O)O[C@@H](C)C(=O)O[C@@H](C)C(=O)OC1=CC[C@]2(O)C3Cc4ccc(O)c5c4[C@@]2(CCN3C)[C@H]1O5.O=C(O)C(F)(F)F. The Kier molecular flexibility index (Phi) is 16.6. The zero-order valence-electron chi connectivity index (χ0n) is 34.1. The van der Waals surface area contributed by atoms with Gasteiger partial charge < -0.3 is 39.2 Å². The molecule has 1 aromatic rings. The average Bonchev–Trinajstić information content (AvgIpc) is 3.53. The number of carbonyl (C=O) groups excluding carboxylic acids is 3. The second kappa shape index (κ2) is 20.7. The molecule has 2 aliphatic heterocycles. The molecule has 1 spiro atoms. The van der Waals surface area contributed by atoms with Crippen molar-refractivity contribution in [1.82, 2.24) is 4.90 Å². The van der Waals surface area contributed by atoms with Crippen molar-refractivity contribution in [2.24, 2.45) is 0 Å². The third-order valence-corrected chi connectivity index (χ3v) is 11.7. The summed E-state index contributed by atoms with van der Waals surface area (Å²) in [6.07, 6.45) is 14.6. The van der Waals surface area contributed by atoms with Gasteiger partial charge in [0, 0.05) is 24.4 Å². The van der Waals surface area contributed by atoms with E-state index in [4.69, 9.17) is 28.8 Å². The Morgan fingerprint density at radius 1 is 0.931 bits per heavy atom. The Morgan fingerprint density at radius 3 is 2.14 bits per heavy atom. The summed E-state index contributed by atoms with van der Waals surface area (Å²) < 4.78 is 54.5. The monoisotopic (exact) mass is 823 g/mol. The summed E-state index contributed by atoms with van der Waals surface area (Å²) >= 11 is 0. The molecular formula is C43H60F3NO11. The molecule has 1 aromatic carbocycles. The predicted molar refractivity (Wildman–Crippen MR) is 207 cm³/mol.